The topological polar surface area (TPSA) is 68.0 Å². The van der Waals surface area contributed by atoms with Crippen molar-refractivity contribution in [3.05, 3.63) is 34.2 Å². The first kappa shape index (κ1) is 15.2. The highest BCUT2D eigenvalue weighted by atomic mass is 32.1. The van der Waals surface area contributed by atoms with Crippen molar-refractivity contribution in [1.82, 2.24) is 4.98 Å². The van der Waals surface area contributed by atoms with E-state index in [0.717, 1.165) is 22.6 Å². The first-order valence-electron chi connectivity index (χ1n) is 7.68. The largest absolute Gasteiger partial charge is 0.327 e. The number of carbonyl (C=O) groups is 1. The van der Waals surface area contributed by atoms with Gasteiger partial charge in [0.15, 0.2) is 5.13 Å². The first-order valence-corrected chi connectivity index (χ1v) is 8.49. The lowest BCUT2D eigenvalue weighted by Gasteiger charge is -2.04. The fourth-order valence-electron chi connectivity index (χ4n) is 2.90. The SMILES string of the molecule is Cc1sc(NC(=O)CC(C)N)nc1-c1ccc2c(c1)CCC2. The second kappa shape index (κ2) is 6.18. The van der Waals surface area contributed by atoms with E-state index >= 15 is 0 Å². The zero-order valence-electron chi connectivity index (χ0n) is 13.0. The normalized spacial score (nSPS) is 14.7. The van der Waals surface area contributed by atoms with Crippen LogP contribution >= 0.6 is 11.3 Å². The molecule has 0 spiro atoms. The number of amides is 1. The Morgan fingerprint density at radius 3 is 2.95 bits per heavy atom. The molecule has 1 aromatic heterocycles. The summed E-state index contributed by atoms with van der Waals surface area (Å²) in [5.41, 5.74) is 10.7. The number of rotatable bonds is 4. The Kier molecular flexibility index (Phi) is 4.27. The Balaban J connectivity index is 1.82. The van der Waals surface area contributed by atoms with Gasteiger partial charge in [0.1, 0.15) is 0 Å². The summed E-state index contributed by atoms with van der Waals surface area (Å²) in [5, 5.41) is 3.50. The summed E-state index contributed by atoms with van der Waals surface area (Å²) in [6.45, 7) is 3.87. The minimum absolute atomic E-state index is 0.0794. The minimum atomic E-state index is -0.141. The van der Waals surface area contributed by atoms with Crippen LogP contribution in [0.4, 0.5) is 5.13 Å². The van der Waals surface area contributed by atoms with Gasteiger partial charge in [-0.25, -0.2) is 4.98 Å². The van der Waals surface area contributed by atoms with Crippen LogP contribution in [0, 0.1) is 6.92 Å². The Bertz CT molecular complexity index is 706. The van der Waals surface area contributed by atoms with Gasteiger partial charge in [-0.05, 0) is 50.3 Å². The zero-order chi connectivity index (χ0) is 15.7. The molecule has 116 valence electrons. The molecular weight excluding hydrogens is 294 g/mol. The van der Waals surface area contributed by atoms with Crippen molar-refractivity contribution in [2.24, 2.45) is 5.73 Å². The maximum absolute atomic E-state index is 11.8. The van der Waals surface area contributed by atoms with Crippen LogP contribution in [-0.2, 0) is 17.6 Å². The fraction of sp³-hybridized carbons (Fsp3) is 0.412. The molecule has 0 saturated heterocycles. The number of nitrogens with one attached hydrogen (secondary N) is 1. The van der Waals surface area contributed by atoms with Crippen molar-refractivity contribution in [3.63, 3.8) is 0 Å². The van der Waals surface area contributed by atoms with Crippen LogP contribution in [0.3, 0.4) is 0 Å². The van der Waals surface area contributed by atoms with Gasteiger partial charge >= 0.3 is 0 Å². The van der Waals surface area contributed by atoms with Gasteiger partial charge < -0.3 is 11.1 Å². The van der Waals surface area contributed by atoms with E-state index in [1.807, 2.05) is 13.8 Å². The molecule has 22 heavy (non-hydrogen) atoms. The minimum Gasteiger partial charge on any atom is -0.327 e. The van der Waals surface area contributed by atoms with Crippen LogP contribution < -0.4 is 11.1 Å². The number of aryl methyl sites for hydroxylation is 3. The maximum Gasteiger partial charge on any atom is 0.227 e. The third kappa shape index (κ3) is 3.20. The maximum atomic E-state index is 11.8. The monoisotopic (exact) mass is 315 g/mol. The summed E-state index contributed by atoms with van der Waals surface area (Å²) in [7, 11) is 0. The number of benzene rings is 1. The first-order chi connectivity index (χ1) is 10.5. The van der Waals surface area contributed by atoms with E-state index in [1.165, 1.54) is 35.3 Å². The van der Waals surface area contributed by atoms with Gasteiger partial charge in [0, 0.05) is 22.9 Å². The van der Waals surface area contributed by atoms with Crippen molar-refractivity contribution in [3.8, 4) is 11.3 Å². The van der Waals surface area contributed by atoms with E-state index in [9.17, 15) is 4.79 Å². The number of nitrogens with zero attached hydrogens (tertiary/aromatic N) is 1. The summed E-state index contributed by atoms with van der Waals surface area (Å²) in [6, 6.07) is 6.46. The van der Waals surface area contributed by atoms with Gasteiger partial charge in [-0.3, -0.25) is 4.79 Å². The quantitative estimate of drug-likeness (QED) is 0.910. The molecule has 4 nitrogen and oxygen atoms in total. The third-order valence-corrected chi connectivity index (χ3v) is 4.81. The molecule has 5 heteroatoms. The molecule has 1 heterocycles. The van der Waals surface area contributed by atoms with Crippen LogP contribution in [0.1, 0.15) is 35.8 Å². The molecule has 1 aliphatic carbocycles. The van der Waals surface area contributed by atoms with E-state index in [4.69, 9.17) is 5.73 Å². The van der Waals surface area contributed by atoms with Gasteiger partial charge in [0.2, 0.25) is 5.91 Å². The van der Waals surface area contributed by atoms with E-state index in [1.54, 1.807) is 0 Å². The lowest BCUT2D eigenvalue weighted by atomic mass is 10.0. The van der Waals surface area contributed by atoms with Crippen LogP contribution in [0.25, 0.3) is 11.3 Å². The van der Waals surface area contributed by atoms with Crippen LogP contribution in [0.15, 0.2) is 18.2 Å². The van der Waals surface area contributed by atoms with Crippen molar-refractivity contribution < 1.29 is 4.79 Å². The predicted octanol–water partition coefficient (Wildman–Crippen LogP) is 3.28. The Morgan fingerprint density at radius 1 is 1.41 bits per heavy atom. The predicted molar refractivity (Wildman–Crippen MR) is 91.2 cm³/mol. The van der Waals surface area contributed by atoms with Crippen molar-refractivity contribution in [2.75, 3.05) is 5.32 Å². The van der Waals surface area contributed by atoms with Gasteiger partial charge in [-0.15, -0.1) is 11.3 Å². The van der Waals surface area contributed by atoms with Gasteiger partial charge in [0.05, 0.1) is 5.69 Å². The fourth-order valence-corrected chi connectivity index (χ4v) is 3.75. The number of nitrogens with two attached hydrogens (primary N) is 1. The number of carbonyl (C=O) groups excluding carboxylic acids is 1. The number of aromatic nitrogens is 1. The summed E-state index contributed by atoms with van der Waals surface area (Å²) in [6.07, 6.45) is 3.90. The number of anilines is 1. The van der Waals surface area contributed by atoms with E-state index < -0.39 is 0 Å². The number of thiazole rings is 1. The number of fused-ring (bicyclic) bond motifs is 1. The van der Waals surface area contributed by atoms with E-state index in [-0.39, 0.29) is 11.9 Å². The molecule has 1 atom stereocenters. The second-order valence-electron chi connectivity index (χ2n) is 5.99. The van der Waals surface area contributed by atoms with E-state index in [0.29, 0.717) is 11.6 Å². The molecule has 2 aromatic rings. The van der Waals surface area contributed by atoms with Crippen LogP contribution in [0.5, 0.6) is 0 Å². The standard InChI is InChI=1S/C17H21N3OS/c1-10(18)8-15(21)19-17-20-16(11(2)22-17)14-7-6-12-4-3-5-13(12)9-14/h6-7,9-10H,3-5,8,18H2,1-2H3,(H,19,20,21). The Morgan fingerprint density at radius 2 is 2.18 bits per heavy atom. The lowest BCUT2D eigenvalue weighted by molar-refractivity contribution is -0.116. The van der Waals surface area contributed by atoms with Gasteiger partial charge in [-0.1, -0.05) is 12.1 Å². The number of hydrogen-bond donors (Lipinski definition) is 2. The lowest BCUT2D eigenvalue weighted by Crippen LogP contribution is -2.23. The highest BCUT2D eigenvalue weighted by molar-refractivity contribution is 7.16. The smallest absolute Gasteiger partial charge is 0.227 e. The zero-order valence-corrected chi connectivity index (χ0v) is 13.8. The highest BCUT2D eigenvalue weighted by Gasteiger charge is 2.16. The molecule has 0 bridgehead atoms. The van der Waals surface area contributed by atoms with Gasteiger partial charge in [-0.2, -0.15) is 0 Å². The molecule has 3 N–H and O–H groups in total. The summed E-state index contributed by atoms with van der Waals surface area (Å²) >= 11 is 1.51. The molecular formula is C17H21N3OS. The molecule has 0 saturated carbocycles. The Labute approximate surface area is 134 Å². The van der Waals surface area contributed by atoms with Gasteiger partial charge in [0.25, 0.3) is 0 Å². The van der Waals surface area contributed by atoms with Crippen molar-refractivity contribution >= 4 is 22.4 Å². The molecule has 3 rings (SSSR count). The van der Waals surface area contributed by atoms with Crippen molar-refractivity contribution in [1.29, 1.82) is 0 Å². The summed E-state index contributed by atoms with van der Waals surface area (Å²) < 4.78 is 0. The second-order valence-corrected chi connectivity index (χ2v) is 7.19. The molecule has 1 unspecified atom stereocenters. The average molecular weight is 315 g/mol. The average Bonchev–Trinajstić information content (AvgIpc) is 3.03. The summed E-state index contributed by atoms with van der Waals surface area (Å²) in [4.78, 5) is 17.5. The molecule has 0 aliphatic heterocycles. The molecule has 1 amide bonds. The summed E-state index contributed by atoms with van der Waals surface area (Å²) in [5.74, 6) is -0.0794. The molecule has 1 aromatic carbocycles. The van der Waals surface area contributed by atoms with Crippen molar-refractivity contribution in [2.45, 2.75) is 45.6 Å². The van der Waals surface area contributed by atoms with Crippen LogP contribution in [-0.4, -0.2) is 16.9 Å². The number of hydrogen-bond acceptors (Lipinski definition) is 4. The molecule has 0 radical (unpaired) electrons. The molecule has 0 fully saturated rings. The third-order valence-electron chi connectivity index (χ3n) is 3.92. The molecule has 1 aliphatic rings. The highest BCUT2D eigenvalue weighted by Crippen LogP contribution is 2.33. The van der Waals surface area contributed by atoms with E-state index in [2.05, 4.69) is 28.5 Å². The van der Waals surface area contributed by atoms with Crippen LogP contribution in [0.2, 0.25) is 0 Å². The Hall–Kier alpha value is -1.72.